The van der Waals surface area contributed by atoms with E-state index < -0.39 is 0 Å². The first-order valence-corrected chi connectivity index (χ1v) is 6.75. The number of hydrogen-bond acceptors (Lipinski definition) is 3. The molecule has 1 aliphatic heterocycles. The van der Waals surface area contributed by atoms with Crippen LogP contribution < -0.4 is 5.32 Å². The van der Waals surface area contributed by atoms with Crippen LogP contribution in [0.2, 0.25) is 0 Å². The van der Waals surface area contributed by atoms with Crippen molar-refractivity contribution in [2.75, 3.05) is 5.32 Å². The van der Waals surface area contributed by atoms with E-state index in [9.17, 15) is 9.59 Å². The predicted octanol–water partition coefficient (Wildman–Crippen LogP) is 3.27. The van der Waals surface area contributed by atoms with Gasteiger partial charge in [-0.15, -0.1) is 11.3 Å². The Labute approximate surface area is 114 Å². The number of aryl methyl sites for hydroxylation is 1. The van der Waals surface area contributed by atoms with Crippen molar-refractivity contribution in [3.63, 3.8) is 0 Å². The second kappa shape index (κ2) is 4.48. The molecule has 0 aliphatic carbocycles. The van der Waals surface area contributed by atoms with Gasteiger partial charge in [-0.2, -0.15) is 0 Å². The van der Waals surface area contributed by atoms with Gasteiger partial charge >= 0.3 is 0 Å². The van der Waals surface area contributed by atoms with Crippen LogP contribution in [0.3, 0.4) is 0 Å². The number of anilines is 1. The number of benzene rings is 1. The van der Waals surface area contributed by atoms with Crippen molar-refractivity contribution in [3.05, 3.63) is 57.8 Å². The normalized spacial score (nSPS) is 15.4. The number of allylic oxidation sites excluding steroid dienone is 1. The number of nitrogens with one attached hydrogen (secondary N) is 1. The fourth-order valence-electron chi connectivity index (χ4n) is 2.13. The van der Waals surface area contributed by atoms with E-state index in [1.54, 1.807) is 6.07 Å². The second-order valence-corrected chi connectivity index (χ2v) is 5.30. The molecule has 0 saturated heterocycles. The number of para-hydroxylation sites is 1. The zero-order chi connectivity index (χ0) is 13.4. The zero-order valence-corrected chi connectivity index (χ0v) is 11.1. The van der Waals surface area contributed by atoms with Gasteiger partial charge in [-0.1, -0.05) is 24.3 Å². The Morgan fingerprint density at radius 1 is 1.26 bits per heavy atom. The Kier molecular flexibility index (Phi) is 2.80. The van der Waals surface area contributed by atoms with Crippen LogP contribution in [0.5, 0.6) is 0 Å². The molecule has 1 aromatic carbocycles. The van der Waals surface area contributed by atoms with E-state index in [0.717, 1.165) is 16.8 Å². The zero-order valence-electron chi connectivity index (χ0n) is 10.3. The quantitative estimate of drug-likeness (QED) is 0.671. The minimum atomic E-state index is -0.214. The Morgan fingerprint density at radius 3 is 2.84 bits per heavy atom. The number of carbonyl (C=O) groups excluding carboxylic acids is 2. The monoisotopic (exact) mass is 269 g/mol. The van der Waals surface area contributed by atoms with Crippen molar-refractivity contribution in [1.29, 1.82) is 0 Å². The van der Waals surface area contributed by atoms with Gasteiger partial charge in [0.2, 0.25) is 0 Å². The molecule has 0 unspecified atom stereocenters. The van der Waals surface area contributed by atoms with E-state index in [4.69, 9.17) is 0 Å². The average molecular weight is 269 g/mol. The van der Waals surface area contributed by atoms with Crippen molar-refractivity contribution in [3.8, 4) is 0 Å². The lowest BCUT2D eigenvalue weighted by molar-refractivity contribution is -0.110. The van der Waals surface area contributed by atoms with Crippen LogP contribution in [0, 0.1) is 6.92 Å². The molecule has 19 heavy (non-hydrogen) atoms. The summed E-state index contributed by atoms with van der Waals surface area (Å²) in [5, 5.41) is 4.66. The highest BCUT2D eigenvalue weighted by Crippen LogP contribution is 2.34. The molecule has 1 amide bonds. The third kappa shape index (κ3) is 2.00. The van der Waals surface area contributed by atoms with Crippen molar-refractivity contribution in [1.82, 2.24) is 0 Å². The van der Waals surface area contributed by atoms with Crippen LogP contribution in [-0.4, -0.2) is 11.7 Å². The number of hydrogen-bond donors (Lipinski definition) is 1. The first kappa shape index (κ1) is 11.9. The molecule has 0 radical (unpaired) electrons. The molecule has 3 nitrogen and oxygen atoms in total. The van der Waals surface area contributed by atoms with Gasteiger partial charge < -0.3 is 5.32 Å². The molecule has 3 rings (SSSR count). The van der Waals surface area contributed by atoms with Crippen molar-refractivity contribution >= 4 is 34.3 Å². The van der Waals surface area contributed by atoms with E-state index in [0.29, 0.717) is 10.5 Å². The Hall–Kier alpha value is -2.20. The highest BCUT2D eigenvalue weighted by atomic mass is 32.1. The highest BCUT2D eigenvalue weighted by molar-refractivity contribution is 7.12. The summed E-state index contributed by atoms with van der Waals surface area (Å²) in [6.07, 6.45) is 1.42. The highest BCUT2D eigenvalue weighted by Gasteiger charge is 2.26. The first-order chi connectivity index (χ1) is 9.16. The van der Waals surface area contributed by atoms with Crippen molar-refractivity contribution in [2.24, 2.45) is 0 Å². The second-order valence-electron chi connectivity index (χ2n) is 4.35. The lowest BCUT2D eigenvalue weighted by atomic mass is 10.0. The Bertz CT molecular complexity index is 699. The fraction of sp³-hybridized carbons (Fsp3) is 0.0667. The Balaban J connectivity index is 2.05. The summed E-state index contributed by atoms with van der Waals surface area (Å²) in [5.74, 6) is -0.344. The van der Waals surface area contributed by atoms with Crippen LogP contribution in [0.1, 0.15) is 20.8 Å². The molecule has 0 spiro atoms. The molecule has 1 aromatic heterocycles. The molecule has 0 saturated carbocycles. The largest absolute Gasteiger partial charge is 0.321 e. The number of amides is 1. The van der Waals surface area contributed by atoms with Gasteiger partial charge in [-0.05, 0) is 23.9 Å². The molecular formula is C15H11NO2S. The molecule has 0 atom stereocenters. The molecule has 4 heteroatoms. The molecule has 0 fully saturated rings. The van der Waals surface area contributed by atoms with Gasteiger partial charge in [-0.3, -0.25) is 9.59 Å². The lowest BCUT2D eigenvalue weighted by Crippen LogP contribution is -2.05. The minimum Gasteiger partial charge on any atom is -0.321 e. The number of fused-ring (bicyclic) bond motifs is 1. The predicted molar refractivity (Wildman–Crippen MR) is 76.4 cm³/mol. The SMILES string of the molecule is Cc1cccc2c1NC(=O)/C2=C\C(=O)c1cccs1. The Morgan fingerprint density at radius 2 is 2.11 bits per heavy atom. The standard InChI is InChI=1S/C15H11NO2S/c1-9-4-2-5-10-11(15(18)16-14(9)10)8-12(17)13-6-3-7-19-13/h2-8H,1H3,(H,16,18)/b11-8-. The van der Waals surface area contributed by atoms with Crippen molar-refractivity contribution < 1.29 is 9.59 Å². The smallest absolute Gasteiger partial charge is 0.256 e. The number of rotatable bonds is 2. The summed E-state index contributed by atoms with van der Waals surface area (Å²) < 4.78 is 0. The third-order valence-corrected chi connectivity index (χ3v) is 3.97. The van der Waals surface area contributed by atoms with Gasteiger partial charge in [-0.25, -0.2) is 0 Å². The molecule has 1 aliphatic rings. The van der Waals surface area contributed by atoms with Gasteiger partial charge in [0.25, 0.3) is 5.91 Å². The summed E-state index contributed by atoms with van der Waals surface area (Å²) in [7, 11) is 0. The summed E-state index contributed by atoms with van der Waals surface area (Å²) in [5.41, 5.74) is 3.04. The summed E-state index contributed by atoms with van der Waals surface area (Å²) in [4.78, 5) is 24.7. The summed E-state index contributed by atoms with van der Waals surface area (Å²) in [6, 6.07) is 9.26. The third-order valence-electron chi connectivity index (χ3n) is 3.09. The molecular weight excluding hydrogens is 258 g/mol. The number of carbonyl (C=O) groups is 2. The first-order valence-electron chi connectivity index (χ1n) is 5.87. The van der Waals surface area contributed by atoms with E-state index >= 15 is 0 Å². The van der Waals surface area contributed by atoms with E-state index in [-0.39, 0.29) is 11.7 Å². The van der Waals surface area contributed by atoms with E-state index in [1.165, 1.54) is 17.4 Å². The van der Waals surface area contributed by atoms with Gasteiger partial charge in [0.15, 0.2) is 5.78 Å². The summed E-state index contributed by atoms with van der Waals surface area (Å²) >= 11 is 1.37. The van der Waals surface area contributed by atoms with Crippen LogP contribution in [0.15, 0.2) is 41.8 Å². The van der Waals surface area contributed by atoms with Gasteiger partial charge in [0.05, 0.1) is 16.1 Å². The fourth-order valence-corrected chi connectivity index (χ4v) is 2.76. The molecule has 2 heterocycles. The van der Waals surface area contributed by atoms with Crippen LogP contribution >= 0.6 is 11.3 Å². The lowest BCUT2D eigenvalue weighted by Gasteiger charge is -2.01. The van der Waals surface area contributed by atoms with Crippen molar-refractivity contribution in [2.45, 2.75) is 6.92 Å². The topological polar surface area (TPSA) is 46.2 Å². The minimum absolute atomic E-state index is 0.130. The maximum Gasteiger partial charge on any atom is 0.256 e. The maximum absolute atomic E-state index is 12.1. The van der Waals surface area contributed by atoms with Crippen LogP contribution in [0.4, 0.5) is 5.69 Å². The van der Waals surface area contributed by atoms with Gasteiger partial charge in [0.1, 0.15) is 0 Å². The van der Waals surface area contributed by atoms with Gasteiger partial charge in [0, 0.05) is 11.6 Å². The molecule has 0 bridgehead atoms. The number of thiophene rings is 1. The van der Waals surface area contributed by atoms with E-state index in [1.807, 2.05) is 36.6 Å². The maximum atomic E-state index is 12.1. The average Bonchev–Trinajstić information content (AvgIpc) is 3.00. The number of ketones is 1. The molecule has 2 aromatic rings. The molecule has 94 valence electrons. The summed E-state index contributed by atoms with van der Waals surface area (Å²) in [6.45, 7) is 1.93. The molecule has 1 N–H and O–H groups in total. The van der Waals surface area contributed by atoms with Crippen LogP contribution in [-0.2, 0) is 4.79 Å². The van der Waals surface area contributed by atoms with E-state index in [2.05, 4.69) is 5.32 Å². The van der Waals surface area contributed by atoms with Crippen LogP contribution in [0.25, 0.3) is 5.57 Å².